The third kappa shape index (κ3) is 3.62. The van der Waals surface area contributed by atoms with Crippen molar-refractivity contribution in [3.63, 3.8) is 0 Å². The highest BCUT2D eigenvalue weighted by Gasteiger charge is 2.22. The molecule has 24 heavy (non-hydrogen) atoms. The number of halogens is 1. The van der Waals surface area contributed by atoms with Gasteiger partial charge in [-0.05, 0) is 36.2 Å². The van der Waals surface area contributed by atoms with Gasteiger partial charge in [0.05, 0.1) is 12.6 Å². The summed E-state index contributed by atoms with van der Waals surface area (Å²) in [5.74, 6) is 0.145. The Hall–Kier alpha value is -2.27. The molecule has 1 aliphatic rings. The Kier molecular flexibility index (Phi) is 4.90. The minimum atomic E-state index is 0.0601. The molecule has 1 aliphatic heterocycles. The Morgan fingerprint density at radius 3 is 2.71 bits per heavy atom. The number of hydrogen-bond acceptors (Lipinski definition) is 4. The number of nitrogens with zero attached hydrogens (tertiary/aromatic N) is 3. The molecule has 1 aromatic heterocycles. The number of benzene rings is 1. The number of anilines is 1. The van der Waals surface area contributed by atoms with E-state index in [9.17, 15) is 9.90 Å². The summed E-state index contributed by atoms with van der Waals surface area (Å²) in [6.45, 7) is 4.94. The molecule has 0 aliphatic carbocycles. The van der Waals surface area contributed by atoms with E-state index in [0.717, 1.165) is 34.9 Å². The van der Waals surface area contributed by atoms with Gasteiger partial charge in [0.1, 0.15) is 5.75 Å². The molecule has 3 rings (SSSR count). The van der Waals surface area contributed by atoms with Crippen molar-refractivity contribution in [1.82, 2.24) is 9.88 Å². The summed E-state index contributed by atoms with van der Waals surface area (Å²) in [7, 11) is 0. The molecule has 5 nitrogen and oxygen atoms in total. The molecule has 6 heteroatoms. The number of amides is 1. The number of carbonyl (C=O) groups excluding carboxylic acids is 1. The van der Waals surface area contributed by atoms with Crippen molar-refractivity contribution in [3.8, 4) is 5.75 Å². The van der Waals surface area contributed by atoms with Gasteiger partial charge in [-0.3, -0.25) is 9.78 Å². The Bertz CT molecular complexity index is 743. The standard InChI is InChI=1S/C18H20ClN3O2/c1-13-16(19)3-2-4-17(13)21-5-7-22(8-6-21)18(24)10-14-9-15(23)12-20-11-14/h2-4,9,11-12,23H,5-8,10H2,1H3. The monoisotopic (exact) mass is 345 g/mol. The number of piperazine rings is 1. The van der Waals surface area contributed by atoms with Gasteiger partial charge in [0.25, 0.3) is 0 Å². The second kappa shape index (κ2) is 7.09. The number of carbonyl (C=O) groups is 1. The van der Waals surface area contributed by atoms with Gasteiger partial charge in [0.15, 0.2) is 0 Å². The molecule has 0 radical (unpaired) electrons. The number of hydrogen-bond donors (Lipinski definition) is 1. The van der Waals surface area contributed by atoms with E-state index in [0.29, 0.717) is 13.1 Å². The van der Waals surface area contributed by atoms with Crippen LogP contribution in [0.4, 0.5) is 5.69 Å². The van der Waals surface area contributed by atoms with Gasteiger partial charge in [-0.1, -0.05) is 17.7 Å². The Morgan fingerprint density at radius 1 is 1.25 bits per heavy atom. The molecule has 0 bridgehead atoms. The fourth-order valence-corrected chi connectivity index (χ4v) is 3.16. The molecule has 2 heterocycles. The molecule has 1 amide bonds. The molecule has 1 aromatic carbocycles. The second-order valence-corrected chi connectivity index (χ2v) is 6.39. The maximum absolute atomic E-state index is 12.4. The molecule has 1 fully saturated rings. The summed E-state index contributed by atoms with van der Waals surface area (Å²) in [5, 5.41) is 10.2. The van der Waals surface area contributed by atoms with Crippen LogP contribution in [-0.4, -0.2) is 47.1 Å². The van der Waals surface area contributed by atoms with Crippen molar-refractivity contribution in [2.75, 3.05) is 31.1 Å². The molecule has 126 valence electrons. The van der Waals surface area contributed by atoms with E-state index in [1.165, 1.54) is 6.20 Å². The predicted octanol–water partition coefficient (Wildman–Crippen LogP) is 2.64. The molecule has 0 spiro atoms. The van der Waals surface area contributed by atoms with Crippen molar-refractivity contribution >= 4 is 23.2 Å². The van der Waals surface area contributed by atoms with Gasteiger partial charge in [0.2, 0.25) is 5.91 Å². The van der Waals surface area contributed by atoms with Crippen molar-refractivity contribution in [2.45, 2.75) is 13.3 Å². The SMILES string of the molecule is Cc1c(Cl)cccc1N1CCN(C(=O)Cc2cncc(O)c2)CC1. The predicted molar refractivity (Wildman–Crippen MR) is 94.6 cm³/mol. The number of aromatic hydroxyl groups is 1. The van der Waals surface area contributed by atoms with Crippen LogP contribution in [0.3, 0.4) is 0 Å². The minimum Gasteiger partial charge on any atom is -0.506 e. The van der Waals surface area contributed by atoms with E-state index < -0.39 is 0 Å². The van der Waals surface area contributed by atoms with Crippen LogP contribution in [0.5, 0.6) is 5.75 Å². The van der Waals surface area contributed by atoms with Crippen LogP contribution in [0.25, 0.3) is 0 Å². The largest absolute Gasteiger partial charge is 0.506 e. The third-order valence-corrected chi connectivity index (χ3v) is 4.76. The van der Waals surface area contributed by atoms with Gasteiger partial charge >= 0.3 is 0 Å². The lowest BCUT2D eigenvalue weighted by atomic mass is 10.1. The molecule has 1 N–H and O–H groups in total. The summed E-state index contributed by atoms with van der Waals surface area (Å²) in [6.07, 6.45) is 3.24. The topological polar surface area (TPSA) is 56.7 Å². The fourth-order valence-electron chi connectivity index (χ4n) is 2.99. The third-order valence-electron chi connectivity index (χ3n) is 4.35. The minimum absolute atomic E-state index is 0.0601. The molecule has 0 saturated carbocycles. The first-order chi connectivity index (χ1) is 11.5. The fraction of sp³-hybridized carbons (Fsp3) is 0.333. The van der Waals surface area contributed by atoms with Crippen molar-refractivity contribution in [2.24, 2.45) is 0 Å². The second-order valence-electron chi connectivity index (χ2n) is 5.98. The quantitative estimate of drug-likeness (QED) is 0.929. The van der Waals surface area contributed by atoms with Crippen molar-refractivity contribution < 1.29 is 9.90 Å². The van der Waals surface area contributed by atoms with Crippen molar-refractivity contribution in [1.29, 1.82) is 0 Å². The lowest BCUT2D eigenvalue weighted by Gasteiger charge is -2.37. The van der Waals surface area contributed by atoms with E-state index in [-0.39, 0.29) is 18.1 Å². The average Bonchev–Trinajstić information content (AvgIpc) is 2.57. The highest BCUT2D eigenvalue weighted by molar-refractivity contribution is 6.31. The summed E-state index contributed by atoms with van der Waals surface area (Å²) in [4.78, 5) is 20.5. The van der Waals surface area contributed by atoms with E-state index >= 15 is 0 Å². The van der Waals surface area contributed by atoms with Gasteiger partial charge in [-0.2, -0.15) is 0 Å². The normalized spacial score (nSPS) is 14.8. The van der Waals surface area contributed by atoms with E-state index in [1.807, 2.05) is 24.0 Å². The molecule has 2 aromatic rings. The van der Waals surface area contributed by atoms with E-state index in [2.05, 4.69) is 16.0 Å². The maximum Gasteiger partial charge on any atom is 0.227 e. The summed E-state index contributed by atoms with van der Waals surface area (Å²) in [6, 6.07) is 7.49. The van der Waals surface area contributed by atoms with Gasteiger partial charge < -0.3 is 14.9 Å². The van der Waals surface area contributed by atoms with Crippen LogP contribution in [0.1, 0.15) is 11.1 Å². The Labute approximate surface area is 146 Å². The zero-order chi connectivity index (χ0) is 17.1. The lowest BCUT2D eigenvalue weighted by molar-refractivity contribution is -0.130. The van der Waals surface area contributed by atoms with Crippen LogP contribution in [0.2, 0.25) is 5.02 Å². The van der Waals surface area contributed by atoms with Gasteiger partial charge in [-0.25, -0.2) is 0 Å². The smallest absolute Gasteiger partial charge is 0.227 e. The highest BCUT2D eigenvalue weighted by Crippen LogP contribution is 2.27. The number of aromatic nitrogens is 1. The lowest BCUT2D eigenvalue weighted by Crippen LogP contribution is -2.49. The molecular formula is C18H20ClN3O2. The van der Waals surface area contributed by atoms with E-state index in [1.54, 1.807) is 12.3 Å². The van der Waals surface area contributed by atoms with Crippen LogP contribution < -0.4 is 4.90 Å². The molecular weight excluding hydrogens is 326 g/mol. The summed E-state index contributed by atoms with van der Waals surface area (Å²) >= 11 is 6.20. The van der Waals surface area contributed by atoms with Gasteiger partial charge in [-0.15, -0.1) is 0 Å². The first-order valence-corrected chi connectivity index (χ1v) is 8.33. The zero-order valence-corrected chi connectivity index (χ0v) is 14.3. The van der Waals surface area contributed by atoms with Crippen molar-refractivity contribution in [3.05, 3.63) is 52.8 Å². The number of pyridine rings is 1. The van der Waals surface area contributed by atoms with Crippen LogP contribution in [0.15, 0.2) is 36.7 Å². The molecule has 1 saturated heterocycles. The van der Waals surface area contributed by atoms with Gasteiger partial charge in [0, 0.05) is 43.1 Å². The maximum atomic E-state index is 12.4. The molecule has 0 unspecified atom stereocenters. The van der Waals surface area contributed by atoms with Crippen LogP contribution in [0, 0.1) is 6.92 Å². The zero-order valence-electron chi connectivity index (χ0n) is 13.6. The number of rotatable bonds is 3. The van der Waals surface area contributed by atoms with Crippen LogP contribution in [-0.2, 0) is 11.2 Å². The average molecular weight is 346 g/mol. The first kappa shape index (κ1) is 16.6. The van der Waals surface area contributed by atoms with Crippen LogP contribution >= 0.6 is 11.6 Å². The Morgan fingerprint density at radius 2 is 2.00 bits per heavy atom. The summed E-state index contributed by atoms with van der Waals surface area (Å²) in [5.41, 5.74) is 2.93. The Balaban J connectivity index is 1.60. The molecule has 0 atom stereocenters. The van der Waals surface area contributed by atoms with E-state index in [4.69, 9.17) is 11.6 Å². The highest BCUT2D eigenvalue weighted by atomic mass is 35.5. The first-order valence-electron chi connectivity index (χ1n) is 7.95. The summed E-state index contributed by atoms with van der Waals surface area (Å²) < 4.78 is 0.